The summed E-state index contributed by atoms with van der Waals surface area (Å²) in [4.78, 5) is 10.1. The van der Waals surface area contributed by atoms with Crippen LogP contribution < -0.4 is 0 Å². The van der Waals surface area contributed by atoms with Gasteiger partial charge in [0.25, 0.3) is 0 Å². The maximum Gasteiger partial charge on any atom is 0.673 e. The maximum absolute atomic E-state index is 11.2. The van der Waals surface area contributed by atoms with E-state index in [0.717, 1.165) is 41.5 Å². The van der Waals surface area contributed by atoms with E-state index >= 15 is 0 Å². The second-order valence-electron chi connectivity index (χ2n) is 17.3. The topological polar surface area (TPSA) is 65.2 Å². The second-order valence-corrected chi connectivity index (χ2v) is 17.3. The first kappa shape index (κ1) is 40.9. The number of halogens is 4. The van der Waals surface area contributed by atoms with Crippen LogP contribution in [0.3, 0.4) is 0 Å². The van der Waals surface area contributed by atoms with Crippen LogP contribution in [0, 0.1) is 11.8 Å². The van der Waals surface area contributed by atoms with E-state index in [1.807, 2.05) is 12.4 Å². The molecule has 0 saturated heterocycles. The standard InChI is InChI=1S/C37H54N2O2.BF4.Cr/c1-34(2,3)26-14-24(32(40)28(18-26)36(7,8)9)20-38-30-16-23-13-22(30)17-31(23)39-21-25-15-27(35(4,5)6)19-29(33(25)41)37(10,11)12;2-1(3,4)5;/h14-15,18-23,30-31,40-41H,13,16-17H2,1-12H3;;/q;-1;/t22-,23-,30-,31-;;/m1../s1. The molecule has 47 heavy (non-hydrogen) atoms. The molecule has 2 N–H and O–H groups in total. The van der Waals surface area contributed by atoms with Gasteiger partial charge < -0.3 is 27.5 Å². The Bertz CT molecular complexity index is 1350. The average molecular weight is 698 g/mol. The molecule has 0 aromatic heterocycles. The first-order valence-electron chi connectivity index (χ1n) is 16.4. The van der Waals surface area contributed by atoms with Crippen molar-refractivity contribution in [2.45, 2.75) is 136 Å². The van der Waals surface area contributed by atoms with Crippen molar-refractivity contribution >= 4 is 19.7 Å². The number of aromatic hydroxyl groups is 2. The van der Waals surface area contributed by atoms with Crippen molar-refractivity contribution in [3.05, 3.63) is 57.6 Å². The Balaban J connectivity index is 0.00000119. The van der Waals surface area contributed by atoms with Crippen molar-refractivity contribution in [1.82, 2.24) is 0 Å². The molecule has 0 aliphatic heterocycles. The van der Waals surface area contributed by atoms with E-state index in [9.17, 15) is 27.5 Å². The number of rotatable bonds is 4. The number of phenols is 2. The summed E-state index contributed by atoms with van der Waals surface area (Å²) in [6, 6.07) is 9.08. The van der Waals surface area contributed by atoms with E-state index in [2.05, 4.69) is 107 Å². The van der Waals surface area contributed by atoms with Crippen LogP contribution in [0.5, 0.6) is 11.5 Å². The fourth-order valence-corrected chi connectivity index (χ4v) is 6.45. The molecule has 0 amide bonds. The van der Waals surface area contributed by atoms with E-state index < -0.39 is 7.25 Å². The SMILES string of the molecule is CC(C)(C)c1cc(C=N[C@@H]2C[C@H]3C[C@@H]2C[C@H]3N=Cc2cc(C(C)(C)C)cc(C(C)(C)C)c2O)c(O)c(C(C)(C)C)c1.F[B-](F)(F)F.[Cr]. The molecule has 2 aliphatic rings. The van der Waals surface area contributed by atoms with Crippen LogP contribution in [0.4, 0.5) is 17.3 Å². The van der Waals surface area contributed by atoms with Gasteiger partial charge in [-0.15, -0.1) is 0 Å². The fraction of sp³-hybridized carbons (Fsp3) is 0.622. The van der Waals surface area contributed by atoms with Crippen molar-refractivity contribution in [3.63, 3.8) is 0 Å². The first-order chi connectivity index (χ1) is 20.7. The number of fused-ring (bicyclic) bond motifs is 2. The Morgan fingerprint density at radius 2 is 0.872 bits per heavy atom. The number of nitrogens with zero attached hydrogens (tertiary/aromatic N) is 2. The van der Waals surface area contributed by atoms with Gasteiger partial charge in [0.2, 0.25) is 0 Å². The van der Waals surface area contributed by atoms with Crippen LogP contribution >= 0.6 is 0 Å². The predicted octanol–water partition coefficient (Wildman–Crippen LogP) is 10.3. The van der Waals surface area contributed by atoms with Gasteiger partial charge in [-0.25, -0.2) is 0 Å². The molecule has 0 radical (unpaired) electrons. The first-order valence-corrected chi connectivity index (χ1v) is 16.4. The summed E-state index contributed by atoms with van der Waals surface area (Å²) in [7, 11) is -6.00. The molecule has 4 atom stereocenters. The van der Waals surface area contributed by atoms with Gasteiger partial charge in [0.1, 0.15) is 11.5 Å². The van der Waals surface area contributed by atoms with Gasteiger partial charge in [-0.2, -0.15) is 0 Å². The summed E-state index contributed by atoms with van der Waals surface area (Å²) in [5.74, 6) is 1.72. The Kier molecular flexibility index (Phi) is 12.4. The third-order valence-corrected chi connectivity index (χ3v) is 9.22. The Morgan fingerprint density at radius 3 is 1.11 bits per heavy atom. The monoisotopic (exact) mass is 697 g/mol. The number of hydrogen-bond acceptors (Lipinski definition) is 4. The molecule has 10 heteroatoms. The van der Waals surface area contributed by atoms with Crippen LogP contribution in [-0.2, 0) is 39.0 Å². The summed E-state index contributed by atoms with van der Waals surface area (Å²) in [6.45, 7) is 26.2. The number of hydrogen-bond donors (Lipinski definition) is 2. The molecule has 2 aliphatic carbocycles. The van der Waals surface area contributed by atoms with Crippen molar-refractivity contribution in [3.8, 4) is 11.5 Å². The summed E-state index contributed by atoms with van der Waals surface area (Å²) in [6.07, 6.45) is 7.04. The van der Waals surface area contributed by atoms with E-state index in [-0.39, 0.29) is 51.1 Å². The summed E-state index contributed by atoms with van der Waals surface area (Å²) < 4.78 is 39.0. The normalized spacial score (nSPS) is 22.0. The molecule has 0 heterocycles. The molecule has 0 unspecified atom stereocenters. The maximum atomic E-state index is 11.2. The summed E-state index contributed by atoms with van der Waals surface area (Å²) >= 11 is 0. The van der Waals surface area contributed by atoms with Gasteiger partial charge in [-0.3, -0.25) is 9.98 Å². The molecule has 2 aromatic carbocycles. The zero-order valence-corrected chi connectivity index (χ0v) is 31.5. The van der Waals surface area contributed by atoms with Gasteiger partial charge in [-0.05, 0) is 76.0 Å². The smallest absolute Gasteiger partial charge is 0.507 e. The van der Waals surface area contributed by atoms with Crippen LogP contribution in [0.25, 0.3) is 0 Å². The zero-order valence-electron chi connectivity index (χ0n) is 30.2. The molecule has 262 valence electrons. The minimum absolute atomic E-state index is 0. The predicted molar refractivity (Wildman–Crippen MR) is 185 cm³/mol. The molecule has 4 nitrogen and oxygen atoms in total. The summed E-state index contributed by atoms with van der Waals surface area (Å²) in [5.41, 5.74) is 5.71. The van der Waals surface area contributed by atoms with Crippen LogP contribution in [-0.4, -0.2) is 42.0 Å². The van der Waals surface area contributed by atoms with Gasteiger partial charge in [0.05, 0.1) is 12.1 Å². The van der Waals surface area contributed by atoms with Gasteiger partial charge in [0.15, 0.2) is 0 Å². The molecule has 2 fully saturated rings. The van der Waals surface area contributed by atoms with Crippen molar-refractivity contribution in [1.29, 1.82) is 0 Å². The average Bonchev–Trinajstić information content (AvgIpc) is 3.44. The molecular formula is C37H54BCrF4N2O2-. The Hall–Kier alpha value is -2.30. The minimum Gasteiger partial charge on any atom is -0.507 e. The van der Waals surface area contributed by atoms with Crippen LogP contribution in [0.1, 0.15) is 136 Å². The largest absolute Gasteiger partial charge is 0.673 e. The number of phenolic OH excluding ortho intramolecular Hbond substituents is 2. The third kappa shape index (κ3) is 10.8. The quantitative estimate of drug-likeness (QED) is 0.190. The second kappa shape index (κ2) is 14.3. The van der Waals surface area contributed by atoms with E-state index in [4.69, 9.17) is 9.98 Å². The molecule has 4 rings (SSSR count). The molecule has 2 aromatic rings. The minimum atomic E-state index is -6.00. The van der Waals surface area contributed by atoms with Crippen LogP contribution in [0.15, 0.2) is 34.3 Å². The molecule has 0 spiro atoms. The molecule has 2 bridgehead atoms. The van der Waals surface area contributed by atoms with E-state index in [1.165, 1.54) is 11.1 Å². The van der Waals surface area contributed by atoms with Crippen molar-refractivity contribution in [2.24, 2.45) is 21.8 Å². The van der Waals surface area contributed by atoms with E-state index in [1.54, 1.807) is 0 Å². The van der Waals surface area contributed by atoms with Gasteiger partial charge >= 0.3 is 7.25 Å². The zero-order chi connectivity index (χ0) is 35.2. The number of aliphatic imine (C=N–C) groups is 2. The van der Waals surface area contributed by atoms with Crippen LogP contribution in [0.2, 0.25) is 0 Å². The summed E-state index contributed by atoms with van der Waals surface area (Å²) in [5, 5.41) is 22.3. The van der Waals surface area contributed by atoms with Gasteiger partial charge in [0, 0.05) is 52.0 Å². The fourth-order valence-electron chi connectivity index (χ4n) is 6.45. The Labute approximate surface area is 290 Å². The Morgan fingerprint density at radius 1 is 0.574 bits per heavy atom. The molecule has 2 saturated carbocycles. The van der Waals surface area contributed by atoms with Crippen molar-refractivity contribution < 1.29 is 44.8 Å². The van der Waals surface area contributed by atoms with Crippen molar-refractivity contribution in [2.75, 3.05) is 0 Å². The molecular weight excluding hydrogens is 643 g/mol. The third-order valence-electron chi connectivity index (χ3n) is 9.22. The van der Waals surface area contributed by atoms with E-state index in [0.29, 0.717) is 23.3 Å². The number of benzene rings is 2. The van der Waals surface area contributed by atoms with Gasteiger partial charge in [-0.1, -0.05) is 95.2 Å².